The Labute approximate surface area is 226 Å². The van der Waals surface area contributed by atoms with Gasteiger partial charge < -0.3 is 14.6 Å². The van der Waals surface area contributed by atoms with Crippen molar-refractivity contribution >= 4 is 60.7 Å². The summed E-state index contributed by atoms with van der Waals surface area (Å²) in [4.78, 5) is 12.7. The molecule has 38 heavy (non-hydrogen) atoms. The summed E-state index contributed by atoms with van der Waals surface area (Å²) < 4.78 is 36.0. The molecule has 0 radical (unpaired) electrons. The maximum Gasteiger partial charge on any atom is 0.262 e. The molecule has 7 nitrogen and oxygen atoms in total. The van der Waals surface area contributed by atoms with Crippen molar-refractivity contribution < 1.29 is 17.9 Å². The normalized spacial score (nSPS) is 11.6. The maximum absolute atomic E-state index is 12.8. The number of nitrogens with one attached hydrogen (secondary N) is 2. The number of rotatable bonds is 8. The van der Waals surface area contributed by atoms with Crippen LogP contribution in [0, 0.1) is 6.92 Å². The number of aromatic nitrogens is 1. The van der Waals surface area contributed by atoms with Crippen LogP contribution in [0.1, 0.15) is 12.5 Å². The second kappa shape index (κ2) is 10.4. The molecule has 5 aromatic rings. The fourth-order valence-corrected chi connectivity index (χ4v) is 5.76. The summed E-state index contributed by atoms with van der Waals surface area (Å²) in [5, 5.41) is 5.61. The Kier molecular flexibility index (Phi) is 7.01. The number of aryl methyl sites for hydroxylation is 2. The van der Waals surface area contributed by atoms with Crippen LogP contribution >= 0.6 is 11.6 Å². The third-order valence-electron chi connectivity index (χ3n) is 6.28. The second-order valence-electron chi connectivity index (χ2n) is 8.87. The van der Waals surface area contributed by atoms with E-state index in [1.165, 1.54) is 12.1 Å². The number of halogens is 1. The van der Waals surface area contributed by atoms with Gasteiger partial charge in [0, 0.05) is 44.7 Å². The maximum atomic E-state index is 12.8. The van der Waals surface area contributed by atoms with Gasteiger partial charge in [0.15, 0.2) is 6.61 Å². The SMILES string of the molecule is CCn1c2ccccc2c2cc(NC(=O)COc3ccc(S(=O)(=O)Nc4ccc(Cl)cc4)cc3C)ccc21. The van der Waals surface area contributed by atoms with Gasteiger partial charge >= 0.3 is 0 Å². The standard InChI is InChI=1S/C29H26ClN3O4S/c1-3-33-26-7-5-4-6-24(26)25-17-22(12-14-27(25)33)31-29(34)18-37-28-15-13-23(16-19(28)2)38(35,36)32-21-10-8-20(30)9-11-21/h4-17,32H,3,18H2,1-2H3,(H,31,34). The van der Waals surface area contributed by atoms with Gasteiger partial charge in [-0.25, -0.2) is 8.42 Å². The topological polar surface area (TPSA) is 89.4 Å². The van der Waals surface area contributed by atoms with Crippen molar-refractivity contribution in [3.63, 3.8) is 0 Å². The van der Waals surface area contributed by atoms with Crippen LogP contribution in [0.3, 0.4) is 0 Å². The molecule has 0 bridgehead atoms. The van der Waals surface area contributed by atoms with E-state index in [0.29, 0.717) is 27.7 Å². The lowest BCUT2D eigenvalue weighted by Gasteiger charge is -2.12. The number of carbonyl (C=O) groups excluding carboxylic acids is 1. The number of anilines is 2. The van der Waals surface area contributed by atoms with Crippen LogP contribution in [0.2, 0.25) is 5.02 Å². The molecule has 194 valence electrons. The number of benzene rings is 4. The summed E-state index contributed by atoms with van der Waals surface area (Å²) in [5.41, 5.74) is 3.93. The van der Waals surface area contributed by atoms with E-state index in [1.54, 1.807) is 37.3 Å². The molecule has 0 saturated carbocycles. The molecule has 0 fully saturated rings. The number of para-hydroxylation sites is 1. The van der Waals surface area contributed by atoms with Gasteiger partial charge in [0.2, 0.25) is 0 Å². The van der Waals surface area contributed by atoms with Gasteiger partial charge in [-0.2, -0.15) is 0 Å². The number of ether oxygens (including phenoxy) is 1. The van der Waals surface area contributed by atoms with Crippen LogP contribution in [0.25, 0.3) is 21.8 Å². The summed E-state index contributed by atoms with van der Waals surface area (Å²) in [6.07, 6.45) is 0. The van der Waals surface area contributed by atoms with E-state index >= 15 is 0 Å². The lowest BCUT2D eigenvalue weighted by molar-refractivity contribution is -0.118. The molecule has 9 heteroatoms. The van der Waals surface area contributed by atoms with Crippen LogP contribution in [-0.4, -0.2) is 25.5 Å². The lowest BCUT2D eigenvalue weighted by Crippen LogP contribution is -2.20. The van der Waals surface area contributed by atoms with Crippen LogP contribution in [0.4, 0.5) is 11.4 Å². The highest BCUT2D eigenvalue weighted by Gasteiger charge is 2.17. The molecule has 1 aromatic heterocycles. The van der Waals surface area contributed by atoms with Crippen LogP contribution < -0.4 is 14.8 Å². The van der Waals surface area contributed by atoms with Gasteiger partial charge in [-0.3, -0.25) is 9.52 Å². The molecule has 0 saturated heterocycles. The number of hydrogen-bond acceptors (Lipinski definition) is 4. The monoisotopic (exact) mass is 547 g/mol. The fraction of sp³-hybridized carbons (Fsp3) is 0.138. The Hall–Kier alpha value is -4.01. The Morgan fingerprint density at radius 2 is 1.61 bits per heavy atom. The predicted molar refractivity (Wildman–Crippen MR) is 153 cm³/mol. The summed E-state index contributed by atoms with van der Waals surface area (Å²) in [5.74, 6) is 0.108. The molecule has 0 aliphatic heterocycles. The van der Waals surface area contributed by atoms with Crippen molar-refractivity contribution in [1.29, 1.82) is 0 Å². The van der Waals surface area contributed by atoms with Crippen molar-refractivity contribution in [2.75, 3.05) is 16.6 Å². The van der Waals surface area contributed by atoms with E-state index in [1.807, 2.05) is 30.3 Å². The van der Waals surface area contributed by atoms with Gasteiger partial charge in [0.05, 0.1) is 4.90 Å². The minimum Gasteiger partial charge on any atom is -0.483 e. The van der Waals surface area contributed by atoms with Gasteiger partial charge in [-0.1, -0.05) is 29.8 Å². The minimum atomic E-state index is -3.80. The lowest BCUT2D eigenvalue weighted by atomic mass is 10.1. The van der Waals surface area contributed by atoms with Crippen molar-refractivity contribution in [2.45, 2.75) is 25.3 Å². The van der Waals surface area contributed by atoms with Crippen molar-refractivity contribution in [2.24, 2.45) is 0 Å². The van der Waals surface area contributed by atoms with Crippen LogP contribution in [-0.2, 0) is 21.4 Å². The van der Waals surface area contributed by atoms with E-state index in [9.17, 15) is 13.2 Å². The number of nitrogens with zero attached hydrogens (tertiary/aromatic N) is 1. The smallest absolute Gasteiger partial charge is 0.262 e. The zero-order valence-electron chi connectivity index (χ0n) is 20.9. The Balaban J connectivity index is 1.26. The van der Waals surface area contributed by atoms with Crippen molar-refractivity contribution in [3.8, 4) is 5.75 Å². The molecule has 4 aromatic carbocycles. The van der Waals surface area contributed by atoms with Gasteiger partial charge in [-0.05, 0) is 86.1 Å². The van der Waals surface area contributed by atoms with Crippen LogP contribution in [0.15, 0.2) is 89.8 Å². The minimum absolute atomic E-state index is 0.0845. The molecule has 0 aliphatic rings. The van der Waals surface area contributed by atoms with Gasteiger partial charge in [0.1, 0.15) is 5.75 Å². The highest BCUT2D eigenvalue weighted by atomic mass is 35.5. The first-order valence-corrected chi connectivity index (χ1v) is 13.9. The number of hydrogen-bond donors (Lipinski definition) is 2. The molecule has 5 rings (SSSR count). The van der Waals surface area contributed by atoms with Crippen molar-refractivity contribution in [1.82, 2.24) is 4.57 Å². The molecular formula is C29H26ClN3O4S. The average Bonchev–Trinajstić information content (AvgIpc) is 3.22. The largest absolute Gasteiger partial charge is 0.483 e. The Morgan fingerprint density at radius 3 is 2.34 bits per heavy atom. The summed E-state index contributed by atoms with van der Waals surface area (Å²) >= 11 is 5.87. The number of amides is 1. The number of carbonyl (C=O) groups is 1. The first-order chi connectivity index (χ1) is 18.2. The zero-order chi connectivity index (χ0) is 26.9. The molecule has 0 spiro atoms. The highest BCUT2D eigenvalue weighted by molar-refractivity contribution is 7.92. The zero-order valence-corrected chi connectivity index (χ0v) is 22.4. The quantitative estimate of drug-likeness (QED) is 0.229. The summed E-state index contributed by atoms with van der Waals surface area (Å²) in [6, 6.07) is 24.9. The van der Waals surface area contributed by atoms with Crippen molar-refractivity contribution in [3.05, 3.63) is 95.5 Å². The molecule has 1 amide bonds. The summed E-state index contributed by atoms with van der Waals surface area (Å²) in [7, 11) is -3.80. The molecule has 0 aliphatic carbocycles. The van der Waals surface area contributed by atoms with Gasteiger partial charge in [-0.15, -0.1) is 0 Å². The average molecular weight is 548 g/mol. The Morgan fingerprint density at radius 1 is 0.895 bits per heavy atom. The van der Waals surface area contributed by atoms with Crippen LogP contribution in [0.5, 0.6) is 5.75 Å². The number of fused-ring (bicyclic) bond motifs is 3. The van der Waals surface area contributed by atoms with E-state index in [0.717, 1.165) is 28.4 Å². The summed E-state index contributed by atoms with van der Waals surface area (Å²) in [6.45, 7) is 4.47. The highest BCUT2D eigenvalue weighted by Crippen LogP contribution is 2.31. The van der Waals surface area contributed by atoms with Gasteiger partial charge in [0.25, 0.3) is 15.9 Å². The number of sulfonamides is 1. The predicted octanol–water partition coefficient (Wildman–Crippen LogP) is 6.59. The van der Waals surface area contributed by atoms with E-state index in [-0.39, 0.29) is 17.4 Å². The van der Waals surface area contributed by atoms with E-state index < -0.39 is 10.0 Å². The first kappa shape index (κ1) is 25.6. The first-order valence-electron chi connectivity index (χ1n) is 12.1. The molecule has 0 atom stereocenters. The molecular weight excluding hydrogens is 522 g/mol. The molecule has 0 unspecified atom stereocenters. The molecule has 2 N–H and O–H groups in total. The van der Waals surface area contributed by atoms with E-state index in [2.05, 4.69) is 33.7 Å². The third-order valence-corrected chi connectivity index (χ3v) is 7.92. The third kappa shape index (κ3) is 5.18. The molecule has 1 heterocycles. The Bertz CT molecular complexity index is 1760. The van der Waals surface area contributed by atoms with E-state index in [4.69, 9.17) is 16.3 Å². The second-order valence-corrected chi connectivity index (χ2v) is 11.0. The fourth-order valence-electron chi connectivity index (χ4n) is 4.50.